The van der Waals surface area contributed by atoms with Gasteiger partial charge in [0.05, 0.1) is 0 Å². The summed E-state index contributed by atoms with van der Waals surface area (Å²) in [6.07, 6.45) is 6.58. The maximum absolute atomic E-state index is 12.5. The molecule has 0 bridgehead atoms. The zero-order valence-corrected chi connectivity index (χ0v) is 12.2. The standard InChI is InChI=1S/C16H22N2O2/c1-11(13-7-8-13)17(2)15(19)14-4-3-9-18(16(14)20)10-12-5-6-12/h3-4,9,11-13H,5-8,10H2,1-2H3. The van der Waals surface area contributed by atoms with Crippen LogP contribution < -0.4 is 5.56 Å². The van der Waals surface area contributed by atoms with E-state index < -0.39 is 0 Å². The summed E-state index contributed by atoms with van der Waals surface area (Å²) in [5.41, 5.74) is 0.169. The average Bonchev–Trinajstić information content (AvgIpc) is 3.31. The normalized spacial score (nSPS) is 19.7. The Morgan fingerprint density at radius 1 is 1.40 bits per heavy atom. The van der Waals surface area contributed by atoms with Gasteiger partial charge in [0.25, 0.3) is 11.5 Å². The minimum atomic E-state index is -0.140. The summed E-state index contributed by atoms with van der Waals surface area (Å²) in [6, 6.07) is 3.69. The second-order valence-corrected chi connectivity index (χ2v) is 6.32. The molecule has 2 aliphatic rings. The van der Waals surface area contributed by atoms with Gasteiger partial charge in [-0.3, -0.25) is 9.59 Å². The third kappa shape index (κ3) is 2.65. The van der Waals surface area contributed by atoms with Crippen molar-refractivity contribution in [1.29, 1.82) is 0 Å². The molecule has 4 heteroatoms. The Hall–Kier alpha value is -1.58. The third-order valence-electron chi connectivity index (χ3n) is 4.64. The molecule has 108 valence electrons. The minimum Gasteiger partial charge on any atom is -0.339 e. The second-order valence-electron chi connectivity index (χ2n) is 6.32. The lowest BCUT2D eigenvalue weighted by atomic mass is 10.1. The van der Waals surface area contributed by atoms with Crippen LogP contribution >= 0.6 is 0 Å². The predicted molar refractivity (Wildman–Crippen MR) is 77.7 cm³/mol. The van der Waals surface area contributed by atoms with Crippen LogP contribution in [0.1, 0.15) is 43.0 Å². The van der Waals surface area contributed by atoms with E-state index in [9.17, 15) is 9.59 Å². The highest BCUT2D eigenvalue weighted by Crippen LogP contribution is 2.35. The van der Waals surface area contributed by atoms with Crippen LogP contribution in [0.4, 0.5) is 0 Å². The monoisotopic (exact) mass is 274 g/mol. The fraction of sp³-hybridized carbons (Fsp3) is 0.625. The maximum atomic E-state index is 12.5. The van der Waals surface area contributed by atoms with Gasteiger partial charge in [0.2, 0.25) is 0 Å². The minimum absolute atomic E-state index is 0.139. The highest BCUT2D eigenvalue weighted by molar-refractivity contribution is 5.93. The molecule has 0 aromatic carbocycles. The van der Waals surface area contributed by atoms with Crippen LogP contribution in [0, 0.1) is 11.8 Å². The van der Waals surface area contributed by atoms with Crippen molar-refractivity contribution in [1.82, 2.24) is 9.47 Å². The first-order chi connectivity index (χ1) is 9.58. The Morgan fingerprint density at radius 2 is 2.10 bits per heavy atom. The Kier molecular flexibility index (Phi) is 3.40. The van der Waals surface area contributed by atoms with Crippen molar-refractivity contribution >= 4 is 5.91 Å². The summed E-state index contributed by atoms with van der Waals surface area (Å²) in [6.45, 7) is 2.82. The van der Waals surface area contributed by atoms with Crippen LogP contribution in [0.15, 0.2) is 23.1 Å². The first-order valence-electron chi connectivity index (χ1n) is 7.54. The number of amides is 1. The molecular weight excluding hydrogens is 252 g/mol. The zero-order chi connectivity index (χ0) is 14.3. The van der Waals surface area contributed by atoms with Gasteiger partial charge in [-0.15, -0.1) is 0 Å². The summed E-state index contributed by atoms with van der Waals surface area (Å²) < 4.78 is 1.69. The van der Waals surface area contributed by atoms with Gasteiger partial charge in [-0.1, -0.05) is 0 Å². The average molecular weight is 274 g/mol. The van der Waals surface area contributed by atoms with Crippen LogP contribution in [-0.2, 0) is 6.54 Å². The van der Waals surface area contributed by atoms with Crippen LogP contribution in [0.3, 0.4) is 0 Å². The van der Waals surface area contributed by atoms with E-state index in [1.54, 1.807) is 21.7 Å². The molecule has 1 amide bonds. The zero-order valence-electron chi connectivity index (χ0n) is 12.2. The van der Waals surface area contributed by atoms with E-state index in [-0.39, 0.29) is 17.5 Å². The molecular formula is C16H22N2O2. The molecule has 0 radical (unpaired) electrons. The topological polar surface area (TPSA) is 42.3 Å². The Morgan fingerprint density at radius 3 is 2.70 bits per heavy atom. The van der Waals surface area contributed by atoms with Gasteiger partial charge in [0.1, 0.15) is 5.56 Å². The molecule has 0 saturated heterocycles. The van der Waals surface area contributed by atoms with Gasteiger partial charge in [-0.25, -0.2) is 0 Å². The lowest BCUT2D eigenvalue weighted by Gasteiger charge is -2.24. The largest absolute Gasteiger partial charge is 0.339 e. The van der Waals surface area contributed by atoms with E-state index in [1.807, 2.05) is 13.1 Å². The summed E-state index contributed by atoms with van der Waals surface area (Å²) >= 11 is 0. The Balaban J connectivity index is 1.81. The smallest absolute Gasteiger partial charge is 0.263 e. The van der Waals surface area contributed by atoms with Crippen LogP contribution in [-0.4, -0.2) is 28.5 Å². The molecule has 0 spiro atoms. The number of carbonyl (C=O) groups excluding carboxylic acids is 1. The van der Waals surface area contributed by atoms with Crippen molar-refractivity contribution in [2.24, 2.45) is 11.8 Å². The van der Waals surface area contributed by atoms with Crippen molar-refractivity contribution in [2.75, 3.05) is 7.05 Å². The van der Waals surface area contributed by atoms with E-state index >= 15 is 0 Å². The van der Waals surface area contributed by atoms with Crippen molar-refractivity contribution in [3.05, 3.63) is 34.2 Å². The molecule has 1 aromatic heterocycles. The van der Waals surface area contributed by atoms with E-state index in [0.29, 0.717) is 17.4 Å². The maximum Gasteiger partial charge on any atom is 0.263 e. The number of aromatic nitrogens is 1. The number of pyridine rings is 1. The number of nitrogens with zero attached hydrogens (tertiary/aromatic N) is 2. The number of hydrogen-bond acceptors (Lipinski definition) is 2. The first-order valence-corrected chi connectivity index (χ1v) is 7.54. The van der Waals surface area contributed by atoms with Crippen molar-refractivity contribution in [3.63, 3.8) is 0 Å². The predicted octanol–water partition coefficient (Wildman–Crippen LogP) is 2.13. The van der Waals surface area contributed by atoms with Gasteiger partial charge in [-0.05, 0) is 56.6 Å². The van der Waals surface area contributed by atoms with Gasteiger partial charge in [0, 0.05) is 25.8 Å². The lowest BCUT2D eigenvalue weighted by molar-refractivity contribution is 0.0724. The molecule has 2 aliphatic carbocycles. The molecule has 1 atom stereocenters. The van der Waals surface area contributed by atoms with Crippen molar-refractivity contribution in [3.8, 4) is 0 Å². The van der Waals surface area contributed by atoms with Gasteiger partial charge in [-0.2, -0.15) is 0 Å². The van der Waals surface area contributed by atoms with E-state index in [2.05, 4.69) is 6.92 Å². The number of carbonyl (C=O) groups is 1. The highest BCUT2D eigenvalue weighted by Gasteiger charge is 2.33. The van der Waals surface area contributed by atoms with Crippen molar-refractivity contribution in [2.45, 2.75) is 45.2 Å². The first kappa shape index (κ1) is 13.4. The highest BCUT2D eigenvalue weighted by atomic mass is 16.2. The SMILES string of the molecule is CC(C1CC1)N(C)C(=O)c1cccn(CC2CC2)c1=O. The van der Waals surface area contributed by atoms with E-state index in [4.69, 9.17) is 0 Å². The molecule has 2 saturated carbocycles. The molecule has 1 aromatic rings. The number of rotatable bonds is 5. The van der Waals surface area contributed by atoms with Gasteiger partial charge in [0.15, 0.2) is 0 Å². The fourth-order valence-corrected chi connectivity index (χ4v) is 2.69. The third-order valence-corrected chi connectivity index (χ3v) is 4.64. The number of hydrogen-bond donors (Lipinski definition) is 0. The molecule has 2 fully saturated rings. The van der Waals surface area contributed by atoms with Crippen LogP contribution in [0.5, 0.6) is 0 Å². The van der Waals surface area contributed by atoms with E-state index in [0.717, 1.165) is 6.54 Å². The van der Waals surface area contributed by atoms with Gasteiger partial charge >= 0.3 is 0 Å². The van der Waals surface area contributed by atoms with E-state index in [1.165, 1.54) is 25.7 Å². The van der Waals surface area contributed by atoms with Crippen LogP contribution in [0.25, 0.3) is 0 Å². The Bertz CT molecular complexity index is 570. The van der Waals surface area contributed by atoms with Crippen LogP contribution in [0.2, 0.25) is 0 Å². The Labute approximate surface area is 119 Å². The van der Waals surface area contributed by atoms with Gasteiger partial charge < -0.3 is 9.47 Å². The molecule has 1 unspecified atom stereocenters. The molecule has 1 heterocycles. The molecule has 3 rings (SSSR count). The summed E-state index contributed by atoms with van der Waals surface area (Å²) in [5, 5.41) is 0. The summed E-state index contributed by atoms with van der Waals surface area (Å²) in [5.74, 6) is 1.10. The quantitative estimate of drug-likeness (QED) is 0.825. The molecule has 0 N–H and O–H groups in total. The fourth-order valence-electron chi connectivity index (χ4n) is 2.69. The lowest BCUT2D eigenvalue weighted by Crippen LogP contribution is -2.40. The van der Waals surface area contributed by atoms with Crippen molar-refractivity contribution < 1.29 is 4.79 Å². The molecule has 20 heavy (non-hydrogen) atoms. The molecule has 0 aliphatic heterocycles. The second kappa shape index (κ2) is 5.08. The summed E-state index contributed by atoms with van der Waals surface area (Å²) in [7, 11) is 1.81. The summed E-state index contributed by atoms with van der Waals surface area (Å²) in [4.78, 5) is 26.6. The molecule has 4 nitrogen and oxygen atoms in total.